The highest BCUT2D eigenvalue weighted by molar-refractivity contribution is 6.31. The van der Waals surface area contributed by atoms with E-state index in [0.29, 0.717) is 17.6 Å². The second-order valence-corrected chi connectivity index (χ2v) is 10.2. The predicted molar refractivity (Wildman–Crippen MR) is 123 cm³/mol. The van der Waals surface area contributed by atoms with Crippen LogP contribution in [-0.4, -0.2) is 13.2 Å². The fourth-order valence-electron chi connectivity index (χ4n) is 5.72. The molecule has 1 nitrogen and oxygen atoms in total. The molecule has 2 saturated carbocycles. The van der Waals surface area contributed by atoms with Crippen LogP contribution in [0.3, 0.4) is 0 Å². The summed E-state index contributed by atoms with van der Waals surface area (Å²) in [4.78, 5) is 0. The van der Waals surface area contributed by atoms with Crippen LogP contribution in [-0.2, 0) is 4.74 Å². The first-order valence-corrected chi connectivity index (χ1v) is 12.4. The van der Waals surface area contributed by atoms with Crippen LogP contribution < -0.4 is 0 Å². The second-order valence-electron chi connectivity index (χ2n) is 9.79. The lowest BCUT2D eigenvalue weighted by atomic mass is 9.75. The van der Waals surface area contributed by atoms with Crippen molar-refractivity contribution in [1.82, 2.24) is 0 Å². The Morgan fingerprint density at radius 2 is 1.21 bits per heavy atom. The molecule has 2 aromatic carbocycles. The Balaban J connectivity index is 1.35. The van der Waals surface area contributed by atoms with Crippen LogP contribution in [0.15, 0.2) is 24.3 Å². The van der Waals surface area contributed by atoms with Gasteiger partial charge in [-0.2, -0.15) is 0 Å². The monoisotopic (exact) mass is 482 g/mol. The summed E-state index contributed by atoms with van der Waals surface area (Å²) in [5, 5.41) is -0.685. The lowest BCUT2D eigenvalue weighted by Crippen LogP contribution is -2.21. The minimum absolute atomic E-state index is 0.107. The highest BCUT2D eigenvalue weighted by Crippen LogP contribution is 2.41. The number of hydrogen-bond acceptors (Lipinski definition) is 1. The van der Waals surface area contributed by atoms with E-state index in [9.17, 15) is 17.6 Å². The first kappa shape index (κ1) is 24.5. The van der Waals surface area contributed by atoms with E-state index in [-0.39, 0.29) is 11.5 Å². The number of benzene rings is 2. The molecule has 2 fully saturated rings. The van der Waals surface area contributed by atoms with Crippen LogP contribution in [0.5, 0.6) is 0 Å². The van der Waals surface area contributed by atoms with Crippen LogP contribution in [0, 0.1) is 35.1 Å². The van der Waals surface area contributed by atoms with E-state index in [2.05, 4.69) is 0 Å². The number of hydrogen-bond donors (Lipinski definition) is 0. The Bertz CT molecular complexity index is 917. The maximum atomic E-state index is 14.8. The third-order valence-electron chi connectivity index (χ3n) is 7.77. The number of methoxy groups -OCH3 is 1. The molecule has 0 N–H and O–H groups in total. The molecule has 6 heteroatoms. The van der Waals surface area contributed by atoms with E-state index in [1.807, 2.05) is 0 Å². The maximum Gasteiger partial charge on any atom is 0.145 e. The topological polar surface area (TPSA) is 9.23 Å². The van der Waals surface area contributed by atoms with Gasteiger partial charge in [-0.05, 0) is 105 Å². The largest absolute Gasteiger partial charge is 0.381 e. The molecule has 0 amide bonds. The van der Waals surface area contributed by atoms with Gasteiger partial charge in [0.15, 0.2) is 0 Å². The first-order valence-electron chi connectivity index (χ1n) is 12.0. The third-order valence-corrected chi connectivity index (χ3v) is 8.13. The van der Waals surface area contributed by atoms with Crippen molar-refractivity contribution in [2.45, 2.75) is 76.2 Å². The van der Waals surface area contributed by atoms with Gasteiger partial charge >= 0.3 is 0 Å². The van der Waals surface area contributed by atoms with Gasteiger partial charge in [0.25, 0.3) is 0 Å². The molecule has 0 heterocycles. The van der Waals surface area contributed by atoms with Gasteiger partial charge in [-0.15, -0.1) is 0 Å². The standard InChI is InChI=1S/C27H31ClF4O/c1-33-21-10-6-17(7-11-21)3-2-16-4-8-18(9-5-16)19-12-22(29)26(23(30)13-19)20-14-24(31)27(28)25(32)15-20/h12-18,21H,2-11H2,1H3. The molecular formula is C27H31ClF4O. The summed E-state index contributed by atoms with van der Waals surface area (Å²) in [6.45, 7) is 0. The molecule has 4 rings (SSSR count). The lowest BCUT2D eigenvalue weighted by molar-refractivity contribution is 0.0541. The van der Waals surface area contributed by atoms with E-state index in [0.717, 1.165) is 56.6 Å². The fraction of sp³-hybridized carbons (Fsp3) is 0.556. The van der Waals surface area contributed by atoms with Crippen molar-refractivity contribution >= 4 is 11.6 Å². The highest BCUT2D eigenvalue weighted by atomic mass is 35.5. The molecule has 33 heavy (non-hydrogen) atoms. The Labute approximate surface area is 198 Å². The molecule has 2 aliphatic rings. The smallest absolute Gasteiger partial charge is 0.145 e. The minimum Gasteiger partial charge on any atom is -0.381 e. The van der Waals surface area contributed by atoms with Gasteiger partial charge < -0.3 is 4.74 Å². The van der Waals surface area contributed by atoms with Crippen molar-refractivity contribution in [3.63, 3.8) is 0 Å². The summed E-state index contributed by atoms with van der Waals surface area (Å²) < 4.78 is 62.7. The number of rotatable bonds is 6. The van der Waals surface area contributed by atoms with E-state index >= 15 is 0 Å². The Morgan fingerprint density at radius 3 is 1.70 bits per heavy atom. The summed E-state index contributed by atoms with van der Waals surface area (Å²) in [6.07, 6.45) is 11.7. The van der Waals surface area contributed by atoms with Gasteiger partial charge in [0, 0.05) is 7.11 Å². The van der Waals surface area contributed by atoms with Crippen molar-refractivity contribution in [3.8, 4) is 11.1 Å². The summed E-state index contributed by atoms with van der Waals surface area (Å²) in [6, 6.07) is 4.36. The van der Waals surface area contributed by atoms with Crippen LogP contribution in [0.25, 0.3) is 11.1 Å². The summed E-state index contributed by atoms with van der Waals surface area (Å²) >= 11 is 5.49. The van der Waals surface area contributed by atoms with Gasteiger partial charge in [0.05, 0.1) is 11.7 Å². The molecule has 0 atom stereocenters. The van der Waals surface area contributed by atoms with Crippen molar-refractivity contribution in [2.75, 3.05) is 7.11 Å². The summed E-state index contributed by atoms with van der Waals surface area (Å²) in [5.74, 6) is -2.11. The van der Waals surface area contributed by atoms with Crippen molar-refractivity contribution in [3.05, 3.63) is 58.1 Å². The minimum atomic E-state index is -1.04. The quantitative estimate of drug-likeness (QED) is 0.295. The van der Waals surface area contributed by atoms with E-state index in [1.54, 1.807) is 7.11 Å². The number of halogens is 5. The normalized spacial score (nSPS) is 25.9. The van der Waals surface area contributed by atoms with Crippen molar-refractivity contribution in [2.24, 2.45) is 11.8 Å². The van der Waals surface area contributed by atoms with Crippen LogP contribution in [0.4, 0.5) is 17.6 Å². The van der Waals surface area contributed by atoms with Crippen LogP contribution in [0.2, 0.25) is 5.02 Å². The zero-order chi connectivity index (χ0) is 23.5. The Kier molecular flexibility index (Phi) is 8.01. The molecule has 2 aromatic rings. The molecule has 0 spiro atoms. The molecule has 0 bridgehead atoms. The van der Waals surface area contributed by atoms with Gasteiger partial charge in [0.1, 0.15) is 28.3 Å². The highest BCUT2D eigenvalue weighted by Gasteiger charge is 2.27. The second kappa shape index (κ2) is 10.8. The van der Waals surface area contributed by atoms with E-state index in [1.165, 1.54) is 37.8 Å². The summed E-state index contributed by atoms with van der Waals surface area (Å²) in [7, 11) is 1.80. The van der Waals surface area contributed by atoms with Gasteiger partial charge in [-0.1, -0.05) is 24.4 Å². The molecular weight excluding hydrogens is 452 g/mol. The molecule has 0 aliphatic heterocycles. The molecule has 180 valence electrons. The predicted octanol–water partition coefficient (Wildman–Crippen LogP) is 8.82. The van der Waals surface area contributed by atoms with Gasteiger partial charge in [0.2, 0.25) is 0 Å². The Hall–Kier alpha value is -1.59. The molecule has 0 radical (unpaired) electrons. The van der Waals surface area contributed by atoms with Crippen molar-refractivity contribution in [1.29, 1.82) is 0 Å². The van der Waals surface area contributed by atoms with Crippen LogP contribution >= 0.6 is 11.6 Å². The maximum absolute atomic E-state index is 14.8. The van der Waals surface area contributed by atoms with Crippen LogP contribution in [0.1, 0.15) is 75.7 Å². The van der Waals surface area contributed by atoms with E-state index in [4.69, 9.17) is 16.3 Å². The zero-order valence-corrected chi connectivity index (χ0v) is 19.7. The van der Waals surface area contributed by atoms with Gasteiger partial charge in [-0.25, -0.2) is 17.6 Å². The number of ether oxygens (including phenoxy) is 1. The third kappa shape index (κ3) is 5.74. The molecule has 2 aliphatic carbocycles. The van der Waals surface area contributed by atoms with E-state index < -0.39 is 33.9 Å². The average molecular weight is 483 g/mol. The molecule has 0 saturated heterocycles. The molecule has 0 aromatic heterocycles. The Morgan fingerprint density at radius 1 is 0.727 bits per heavy atom. The lowest BCUT2D eigenvalue weighted by Gasteiger charge is -2.32. The SMILES string of the molecule is COC1CCC(CCC2CCC(c3cc(F)c(-c4cc(F)c(Cl)c(F)c4)c(F)c3)CC2)CC1. The van der Waals surface area contributed by atoms with Gasteiger partial charge in [-0.3, -0.25) is 0 Å². The zero-order valence-electron chi connectivity index (χ0n) is 19.0. The average Bonchev–Trinajstić information content (AvgIpc) is 2.81. The van der Waals surface area contributed by atoms with Crippen molar-refractivity contribution < 1.29 is 22.3 Å². The molecule has 0 unspecified atom stereocenters. The fourth-order valence-corrected chi connectivity index (χ4v) is 5.83. The summed E-state index contributed by atoms with van der Waals surface area (Å²) in [5.41, 5.74) is 0.00397. The first-order chi connectivity index (χ1) is 15.9.